The molecule has 3 rings (SSSR count). The summed E-state index contributed by atoms with van der Waals surface area (Å²) in [5.41, 5.74) is 0. The minimum atomic E-state index is -3.56. The number of sulfonamides is 2. The highest BCUT2D eigenvalue weighted by Crippen LogP contribution is 2.16. The Hall–Kier alpha value is -2.22. The Bertz CT molecular complexity index is 1020. The normalized spacial score (nSPS) is 15.8. The number of nitrogens with one attached hydrogen (secondary N) is 2. The lowest BCUT2D eigenvalue weighted by Crippen LogP contribution is -2.49. The van der Waals surface area contributed by atoms with E-state index in [0.29, 0.717) is 37.7 Å². The van der Waals surface area contributed by atoms with Crippen molar-refractivity contribution in [3.8, 4) is 11.5 Å². The summed E-state index contributed by atoms with van der Waals surface area (Å²) in [5.74, 6) is 1.20. The van der Waals surface area contributed by atoms with E-state index in [2.05, 4.69) is 19.2 Å². The van der Waals surface area contributed by atoms with Gasteiger partial charge in [-0.2, -0.15) is 0 Å². The van der Waals surface area contributed by atoms with Crippen molar-refractivity contribution in [1.82, 2.24) is 19.2 Å². The zero-order chi connectivity index (χ0) is 24.6. The topological polar surface area (TPSA) is 117 Å². The summed E-state index contributed by atoms with van der Waals surface area (Å²) in [5, 5.41) is 0. The Morgan fingerprint density at radius 3 is 1.26 bits per heavy atom. The van der Waals surface area contributed by atoms with Gasteiger partial charge in [-0.15, -0.1) is 0 Å². The van der Waals surface area contributed by atoms with Crippen LogP contribution in [0.4, 0.5) is 0 Å². The first kappa shape index (κ1) is 26.4. The summed E-state index contributed by atoms with van der Waals surface area (Å²) < 4.78 is 65.1. The second-order valence-corrected chi connectivity index (χ2v) is 11.4. The molecule has 1 aliphatic rings. The van der Waals surface area contributed by atoms with Crippen molar-refractivity contribution in [3.63, 3.8) is 0 Å². The lowest BCUT2D eigenvalue weighted by molar-refractivity contribution is 0.136. The molecule has 0 unspecified atom stereocenters. The fraction of sp³-hybridized carbons (Fsp3) is 0.455. The Morgan fingerprint density at radius 1 is 0.647 bits per heavy atom. The van der Waals surface area contributed by atoms with Crippen LogP contribution in [-0.2, 0) is 20.0 Å². The first-order chi connectivity index (χ1) is 16.2. The summed E-state index contributed by atoms with van der Waals surface area (Å²) in [6, 6.07) is 12.5. The maximum absolute atomic E-state index is 12.4. The lowest BCUT2D eigenvalue weighted by atomic mass is 10.3. The third-order valence-electron chi connectivity index (χ3n) is 5.64. The number of rotatable bonds is 12. The van der Waals surface area contributed by atoms with Crippen molar-refractivity contribution in [2.24, 2.45) is 0 Å². The van der Waals surface area contributed by atoms with Gasteiger partial charge in [0.2, 0.25) is 20.0 Å². The SMILES string of the molecule is COc1ccc(S(=O)(=O)NCCN2CCN(CCNS(=O)(=O)c3ccc(OC)cc3)CC2)cc1. The van der Waals surface area contributed by atoms with Crippen LogP contribution in [0.25, 0.3) is 0 Å². The van der Waals surface area contributed by atoms with Gasteiger partial charge in [-0.25, -0.2) is 26.3 Å². The molecule has 0 saturated carbocycles. The molecule has 0 aliphatic carbocycles. The Morgan fingerprint density at radius 2 is 0.971 bits per heavy atom. The fourth-order valence-electron chi connectivity index (χ4n) is 3.59. The van der Waals surface area contributed by atoms with Crippen molar-refractivity contribution in [2.75, 3.05) is 66.6 Å². The van der Waals surface area contributed by atoms with Gasteiger partial charge in [0.1, 0.15) is 11.5 Å². The highest BCUT2D eigenvalue weighted by atomic mass is 32.2. The van der Waals surface area contributed by atoms with Gasteiger partial charge in [0.25, 0.3) is 0 Å². The highest BCUT2D eigenvalue weighted by Gasteiger charge is 2.19. The van der Waals surface area contributed by atoms with Crippen molar-refractivity contribution in [3.05, 3.63) is 48.5 Å². The monoisotopic (exact) mass is 512 g/mol. The highest BCUT2D eigenvalue weighted by molar-refractivity contribution is 7.89. The molecule has 2 N–H and O–H groups in total. The molecule has 34 heavy (non-hydrogen) atoms. The van der Waals surface area contributed by atoms with Crippen LogP contribution in [0.3, 0.4) is 0 Å². The van der Waals surface area contributed by atoms with Crippen LogP contribution in [-0.4, -0.2) is 93.2 Å². The number of methoxy groups -OCH3 is 2. The number of nitrogens with zero attached hydrogens (tertiary/aromatic N) is 2. The smallest absolute Gasteiger partial charge is 0.240 e. The minimum absolute atomic E-state index is 0.204. The standard InChI is InChI=1S/C22H32N4O6S2/c1-31-19-3-7-21(8-4-19)33(27,28)23-11-13-25-15-17-26(18-16-25)14-12-24-34(29,30)22-9-5-20(32-2)6-10-22/h3-10,23-24H,11-18H2,1-2H3. The Balaban J connectivity index is 1.35. The molecule has 0 spiro atoms. The van der Waals surface area contributed by atoms with Crippen LogP contribution in [0.5, 0.6) is 11.5 Å². The molecule has 0 bridgehead atoms. The molecule has 0 atom stereocenters. The van der Waals surface area contributed by atoms with E-state index in [0.717, 1.165) is 26.2 Å². The van der Waals surface area contributed by atoms with E-state index in [1.165, 1.54) is 38.5 Å². The number of hydrogen-bond donors (Lipinski definition) is 2. The Labute approximate surface area is 202 Å². The molecule has 0 amide bonds. The molecule has 12 heteroatoms. The second kappa shape index (κ2) is 12.0. The first-order valence-electron chi connectivity index (χ1n) is 11.0. The van der Waals surface area contributed by atoms with Gasteiger partial charge in [-0.3, -0.25) is 9.80 Å². The summed E-state index contributed by atoms with van der Waals surface area (Å²) >= 11 is 0. The number of benzene rings is 2. The first-order valence-corrected chi connectivity index (χ1v) is 13.9. The van der Waals surface area contributed by atoms with E-state index < -0.39 is 20.0 Å². The quantitative estimate of drug-likeness (QED) is 0.424. The average molecular weight is 513 g/mol. The predicted molar refractivity (Wildman–Crippen MR) is 129 cm³/mol. The predicted octanol–water partition coefficient (Wildman–Crippen LogP) is 0.578. The number of piperazine rings is 1. The van der Waals surface area contributed by atoms with Gasteiger partial charge in [0.05, 0.1) is 24.0 Å². The molecule has 1 saturated heterocycles. The van der Waals surface area contributed by atoms with Crippen LogP contribution in [0.2, 0.25) is 0 Å². The van der Waals surface area contributed by atoms with Crippen molar-refractivity contribution < 1.29 is 26.3 Å². The van der Waals surface area contributed by atoms with Crippen LogP contribution in [0, 0.1) is 0 Å². The van der Waals surface area contributed by atoms with E-state index in [9.17, 15) is 16.8 Å². The average Bonchev–Trinajstić information content (AvgIpc) is 2.85. The molecule has 1 fully saturated rings. The van der Waals surface area contributed by atoms with E-state index in [-0.39, 0.29) is 9.79 Å². The van der Waals surface area contributed by atoms with Gasteiger partial charge in [-0.05, 0) is 48.5 Å². The van der Waals surface area contributed by atoms with Crippen LogP contribution in [0.15, 0.2) is 58.3 Å². The zero-order valence-corrected chi connectivity index (χ0v) is 21.1. The molecule has 0 aromatic heterocycles. The van der Waals surface area contributed by atoms with Gasteiger partial charge in [-0.1, -0.05) is 0 Å². The van der Waals surface area contributed by atoms with Gasteiger partial charge in [0.15, 0.2) is 0 Å². The molecule has 1 aliphatic heterocycles. The molecule has 188 valence electrons. The van der Waals surface area contributed by atoms with E-state index in [1.807, 2.05) is 0 Å². The molecular weight excluding hydrogens is 480 g/mol. The second-order valence-electron chi connectivity index (χ2n) is 7.83. The molecular formula is C22H32N4O6S2. The molecule has 1 heterocycles. The third kappa shape index (κ3) is 7.39. The molecule has 0 radical (unpaired) electrons. The maximum atomic E-state index is 12.4. The van der Waals surface area contributed by atoms with Crippen molar-refractivity contribution >= 4 is 20.0 Å². The summed E-state index contributed by atoms with van der Waals surface area (Å²) in [6.45, 7) is 4.99. The van der Waals surface area contributed by atoms with Crippen LogP contribution >= 0.6 is 0 Å². The zero-order valence-electron chi connectivity index (χ0n) is 19.4. The largest absolute Gasteiger partial charge is 0.497 e. The fourth-order valence-corrected chi connectivity index (χ4v) is 5.63. The van der Waals surface area contributed by atoms with Gasteiger partial charge in [0, 0.05) is 52.4 Å². The maximum Gasteiger partial charge on any atom is 0.240 e. The number of ether oxygens (including phenoxy) is 2. The van der Waals surface area contributed by atoms with Gasteiger partial charge >= 0.3 is 0 Å². The third-order valence-corrected chi connectivity index (χ3v) is 8.60. The van der Waals surface area contributed by atoms with Crippen molar-refractivity contribution in [1.29, 1.82) is 0 Å². The minimum Gasteiger partial charge on any atom is -0.497 e. The van der Waals surface area contributed by atoms with E-state index in [4.69, 9.17) is 9.47 Å². The van der Waals surface area contributed by atoms with Crippen LogP contribution in [0.1, 0.15) is 0 Å². The summed E-state index contributed by atoms with van der Waals surface area (Å²) in [6.07, 6.45) is 0. The lowest BCUT2D eigenvalue weighted by Gasteiger charge is -2.34. The summed E-state index contributed by atoms with van der Waals surface area (Å²) in [7, 11) is -4.07. The van der Waals surface area contributed by atoms with E-state index >= 15 is 0 Å². The van der Waals surface area contributed by atoms with Crippen molar-refractivity contribution in [2.45, 2.75) is 9.79 Å². The molecule has 10 nitrogen and oxygen atoms in total. The number of hydrogen-bond acceptors (Lipinski definition) is 8. The van der Waals surface area contributed by atoms with Gasteiger partial charge < -0.3 is 9.47 Å². The molecule has 2 aromatic carbocycles. The molecule has 2 aromatic rings. The Kier molecular flexibility index (Phi) is 9.28. The summed E-state index contributed by atoms with van der Waals surface area (Å²) in [4.78, 5) is 4.79. The van der Waals surface area contributed by atoms with E-state index in [1.54, 1.807) is 24.3 Å². The van der Waals surface area contributed by atoms with Crippen LogP contribution < -0.4 is 18.9 Å².